The second-order valence-electron chi connectivity index (χ2n) is 5.55. The van der Waals surface area contributed by atoms with E-state index in [1.165, 1.54) is 5.56 Å². The molecule has 120 valence electrons. The molecule has 2 heterocycles. The minimum atomic E-state index is 0.477. The lowest BCUT2D eigenvalue weighted by molar-refractivity contribution is 0.788. The molecular weight excluding hydrogens is 294 g/mol. The van der Waals surface area contributed by atoms with Gasteiger partial charge in [0.1, 0.15) is 5.01 Å². The third-order valence-electron chi connectivity index (χ3n) is 3.23. The van der Waals surface area contributed by atoms with Crippen LogP contribution >= 0.6 is 11.3 Å². The van der Waals surface area contributed by atoms with Crippen LogP contribution in [0, 0.1) is 0 Å². The van der Waals surface area contributed by atoms with Crippen LogP contribution in [-0.4, -0.2) is 22.1 Å². The normalized spacial score (nSPS) is 12.0. The quantitative estimate of drug-likeness (QED) is 0.636. The van der Waals surface area contributed by atoms with E-state index in [2.05, 4.69) is 59.0 Å². The molecular formula is C16H25N5S. The largest absolute Gasteiger partial charge is 0.357 e. The monoisotopic (exact) mass is 319 g/mol. The first-order valence-electron chi connectivity index (χ1n) is 7.65. The lowest BCUT2D eigenvalue weighted by Crippen LogP contribution is -2.36. The number of aromatic nitrogens is 2. The number of hydrogen-bond donors (Lipinski definition) is 2. The van der Waals surface area contributed by atoms with Crippen molar-refractivity contribution in [2.45, 2.75) is 39.8 Å². The van der Waals surface area contributed by atoms with E-state index >= 15 is 0 Å². The van der Waals surface area contributed by atoms with Crippen LogP contribution in [0.15, 0.2) is 28.8 Å². The molecule has 2 N–H and O–H groups in total. The Morgan fingerprint density at radius 3 is 2.82 bits per heavy atom. The standard InChI is InChI=1S/C16H25N5S/c1-5-17-16(18-8-13-6-7-21(4)10-13)19-9-15-20-14(11-22-15)12(2)3/h6-7,10-12H,5,8-9H2,1-4H3,(H2,17,18,19). The van der Waals surface area contributed by atoms with Crippen molar-refractivity contribution in [3.05, 3.63) is 40.1 Å². The first-order chi connectivity index (χ1) is 10.6. The number of nitrogens with one attached hydrogen (secondary N) is 2. The Morgan fingerprint density at radius 1 is 1.41 bits per heavy atom. The summed E-state index contributed by atoms with van der Waals surface area (Å²) in [4.78, 5) is 9.25. The minimum absolute atomic E-state index is 0.477. The van der Waals surface area contributed by atoms with Crippen LogP contribution in [0.5, 0.6) is 0 Å². The molecule has 6 heteroatoms. The Hall–Kier alpha value is -1.82. The van der Waals surface area contributed by atoms with Gasteiger partial charge in [0.2, 0.25) is 0 Å². The second-order valence-corrected chi connectivity index (χ2v) is 6.50. The molecule has 0 radical (unpaired) electrons. The second kappa shape index (κ2) is 7.98. The summed E-state index contributed by atoms with van der Waals surface area (Å²) in [6.45, 7) is 8.62. The zero-order valence-corrected chi connectivity index (χ0v) is 14.6. The molecule has 0 aliphatic rings. The maximum absolute atomic E-state index is 4.63. The van der Waals surface area contributed by atoms with Crippen molar-refractivity contribution in [1.82, 2.24) is 20.2 Å². The molecule has 2 aromatic rings. The van der Waals surface area contributed by atoms with Crippen LogP contribution in [0.1, 0.15) is 43.0 Å². The van der Waals surface area contributed by atoms with Crippen LogP contribution in [-0.2, 0) is 20.1 Å². The van der Waals surface area contributed by atoms with Crippen molar-refractivity contribution in [2.75, 3.05) is 6.54 Å². The van der Waals surface area contributed by atoms with E-state index in [4.69, 9.17) is 0 Å². The molecule has 0 saturated heterocycles. The highest BCUT2D eigenvalue weighted by Crippen LogP contribution is 2.17. The fourth-order valence-corrected chi connectivity index (χ4v) is 2.89. The summed E-state index contributed by atoms with van der Waals surface area (Å²) in [6, 6.07) is 2.09. The van der Waals surface area contributed by atoms with Crippen molar-refractivity contribution in [1.29, 1.82) is 0 Å². The Labute approximate surface area is 136 Å². The average Bonchev–Trinajstić information content (AvgIpc) is 3.11. The van der Waals surface area contributed by atoms with E-state index in [9.17, 15) is 0 Å². The lowest BCUT2D eigenvalue weighted by atomic mass is 10.2. The lowest BCUT2D eigenvalue weighted by Gasteiger charge is -2.09. The van der Waals surface area contributed by atoms with Crippen LogP contribution in [0.3, 0.4) is 0 Å². The number of guanidine groups is 1. The summed E-state index contributed by atoms with van der Waals surface area (Å²) in [5.74, 6) is 1.30. The van der Waals surface area contributed by atoms with Crippen molar-refractivity contribution in [3.8, 4) is 0 Å². The van der Waals surface area contributed by atoms with Gasteiger partial charge in [-0.1, -0.05) is 13.8 Å². The summed E-state index contributed by atoms with van der Waals surface area (Å²) in [7, 11) is 2.02. The Kier molecular flexibility index (Phi) is 6.00. The summed E-state index contributed by atoms with van der Waals surface area (Å²) in [5, 5.41) is 9.84. The fraction of sp³-hybridized carbons (Fsp3) is 0.500. The van der Waals surface area contributed by atoms with Gasteiger partial charge in [-0.25, -0.2) is 9.98 Å². The predicted molar refractivity (Wildman–Crippen MR) is 93.3 cm³/mol. The van der Waals surface area contributed by atoms with E-state index in [0.717, 1.165) is 23.2 Å². The van der Waals surface area contributed by atoms with Crippen LogP contribution < -0.4 is 10.6 Å². The Morgan fingerprint density at radius 2 is 2.23 bits per heavy atom. The number of nitrogens with zero attached hydrogens (tertiary/aromatic N) is 3. The molecule has 0 spiro atoms. The average molecular weight is 319 g/mol. The van der Waals surface area contributed by atoms with E-state index in [0.29, 0.717) is 19.0 Å². The summed E-state index contributed by atoms with van der Waals surface area (Å²) < 4.78 is 2.04. The summed E-state index contributed by atoms with van der Waals surface area (Å²) >= 11 is 1.70. The van der Waals surface area contributed by atoms with E-state index < -0.39 is 0 Å². The number of aliphatic imine (C=N–C) groups is 1. The number of rotatable bonds is 6. The zero-order valence-electron chi connectivity index (χ0n) is 13.8. The van der Waals surface area contributed by atoms with Crippen molar-refractivity contribution < 1.29 is 0 Å². The topological polar surface area (TPSA) is 54.2 Å². The van der Waals surface area contributed by atoms with Crippen LogP contribution in [0.25, 0.3) is 0 Å². The SMILES string of the molecule is CCNC(=NCc1ccn(C)c1)NCc1nc(C(C)C)cs1. The van der Waals surface area contributed by atoms with Gasteiger partial charge in [-0.15, -0.1) is 11.3 Å². The number of hydrogen-bond acceptors (Lipinski definition) is 3. The number of thiazole rings is 1. The van der Waals surface area contributed by atoms with Gasteiger partial charge in [0, 0.05) is 31.4 Å². The van der Waals surface area contributed by atoms with Crippen LogP contribution in [0.2, 0.25) is 0 Å². The molecule has 2 aromatic heterocycles. The minimum Gasteiger partial charge on any atom is -0.357 e. The first kappa shape index (κ1) is 16.5. The van der Waals surface area contributed by atoms with E-state index in [1.54, 1.807) is 11.3 Å². The Balaban J connectivity index is 1.92. The smallest absolute Gasteiger partial charge is 0.191 e. The molecule has 0 atom stereocenters. The molecule has 0 fully saturated rings. The third kappa shape index (κ3) is 4.87. The molecule has 0 unspecified atom stereocenters. The maximum atomic E-state index is 4.63. The van der Waals surface area contributed by atoms with Gasteiger partial charge in [0.25, 0.3) is 0 Å². The summed E-state index contributed by atoms with van der Waals surface area (Å²) in [5.41, 5.74) is 2.36. The van der Waals surface area contributed by atoms with Gasteiger partial charge in [0.15, 0.2) is 5.96 Å². The zero-order chi connectivity index (χ0) is 15.9. The number of aryl methyl sites for hydroxylation is 1. The maximum Gasteiger partial charge on any atom is 0.191 e. The molecule has 0 aliphatic carbocycles. The van der Waals surface area contributed by atoms with Crippen molar-refractivity contribution >= 4 is 17.3 Å². The van der Waals surface area contributed by atoms with Gasteiger partial charge in [-0.2, -0.15) is 0 Å². The van der Waals surface area contributed by atoms with E-state index in [1.807, 2.05) is 17.8 Å². The van der Waals surface area contributed by atoms with Crippen molar-refractivity contribution in [3.63, 3.8) is 0 Å². The molecule has 0 bridgehead atoms. The van der Waals surface area contributed by atoms with Gasteiger partial charge in [0.05, 0.1) is 18.8 Å². The fourth-order valence-electron chi connectivity index (χ4n) is 2.00. The molecule has 0 amide bonds. The predicted octanol–water partition coefficient (Wildman–Crippen LogP) is 2.86. The molecule has 0 aromatic carbocycles. The highest BCUT2D eigenvalue weighted by Gasteiger charge is 2.06. The van der Waals surface area contributed by atoms with Gasteiger partial charge in [-0.05, 0) is 24.5 Å². The molecule has 22 heavy (non-hydrogen) atoms. The van der Waals surface area contributed by atoms with E-state index in [-0.39, 0.29) is 0 Å². The molecule has 2 rings (SSSR count). The Bertz CT molecular complexity index is 612. The highest BCUT2D eigenvalue weighted by atomic mass is 32.1. The van der Waals surface area contributed by atoms with Gasteiger partial charge >= 0.3 is 0 Å². The first-order valence-corrected chi connectivity index (χ1v) is 8.53. The molecule has 0 saturated carbocycles. The molecule has 0 aliphatic heterocycles. The van der Waals surface area contributed by atoms with Gasteiger partial charge in [-0.3, -0.25) is 0 Å². The van der Waals surface area contributed by atoms with Crippen molar-refractivity contribution in [2.24, 2.45) is 12.0 Å². The molecule has 5 nitrogen and oxygen atoms in total. The highest BCUT2D eigenvalue weighted by molar-refractivity contribution is 7.09. The summed E-state index contributed by atoms with van der Waals surface area (Å²) in [6.07, 6.45) is 4.12. The van der Waals surface area contributed by atoms with Crippen LogP contribution in [0.4, 0.5) is 0 Å². The third-order valence-corrected chi connectivity index (χ3v) is 4.09. The van der Waals surface area contributed by atoms with Gasteiger partial charge < -0.3 is 15.2 Å².